The predicted molar refractivity (Wildman–Crippen MR) is 157 cm³/mol. The summed E-state index contributed by atoms with van der Waals surface area (Å²) in [7, 11) is -2.18. The standard InChI is InChI=1S/C29H45N3O8Si/c1-10-13-37-23(33)18-30-21(17-31-28(36)39-15-12-3)20-16-22-24(19(4)40-41(8,9)29(5,6)7)26(34)32(22)25(20)27(35)38-14-11-2/h10-12,19,21-22,24,30H,1-3,13-18H2,4-9H3,(H,31,36)/t19-,21-,22-,24-/m1/s1. The predicted octanol–water partition coefficient (Wildman–Crippen LogP) is 3.21. The van der Waals surface area contributed by atoms with E-state index in [0.29, 0.717) is 12.0 Å². The zero-order valence-electron chi connectivity index (χ0n) is 25.1. The Morgan fingerprint density at radius 1 is 1.05 bits per heavy atom. The summed E-state index contributed by atoms with van der Waals surface area (Å²) in [5.74, 6) is -1.94. The molecule has 11 nitrogen and oxygen atoms in total. The van der Waals surface area contributed by atoms with Crippen molar-refractivity contribution in [1.82, 2.24) is 15.5 Å². The fourth-order valence-electron chi connectivity index (χ4n) is 4.61. The van der Waals surface area contributed by atoms with Gasteiger partial charge in [-0.25, -0.2) is 9.59 Å². The van der Waals surface area contributed by atoms with E-state index in [4.69, 9.17) is 18.6 Å². The Morgan fingerprint density at radius 2 is 1.63 bits per heavy atom. The highest BCUT2D eigenvalue weighted by Gasteiger charge is 2.59. The number of nitrogens with one attached hydrogen (secondary N) is 2. The van der Waals surface area contributed by atoms with E-state index in [0.717, 1.165) is 0 Å². The number of rotatable bonds is 16. The topological polar surface area (TPSA) is 132 Å². The van der Waals surface area contributed by atoms with Gasteiger partial charge in [0.25, 0.3) is 0 Å². The Hall–Kier alpha value is -3.22. The van der Waals surface area contributed by atoms with Crippen LogP contribution in [0, 0.1) is 5.92 Å². The number of carbonyl (C=O) groups excluding carboxylic acids is 4. The van der Waals surface area contributed by atoms with Crippen LogP contribution >= 0.6 is 0 Å². The number of carbonyl (C=O) groups is 4. The van der Waals surface area contributed by atoms with E-state index in [9.17, 15) is 19.2 Å². The van der Waals surface area contributed by atoms with Crippen molar-refractivity contribution in [3.8, 4) is 0 Å². The van der Waals surface area contributed by atoms with Gasteiger partial charge < -0.3 is 28.9 Å². The maximum absolute atomic E-state index is 13.5. The molecule has 2 rings (SSSR count). The molecule has 0 bridgehead atoms. The van der Waals surface area contributed by atoms with Crippen molar-refractivity contribution in [2.75, 3.05) is 32.9 Å². The Bertz CT molecular complexity index is 1040. The van der Waals surface area contributed by atoms with Crippen molar-refractivity contribution < 1.29 is 37.8 Å². The minimum Gasteiger partial charge on any atom is -0.461 e. The molecule has 1 saturated heterocycles. The molecule has 2 aliphatic rings. The van der Waals surface area contributed by atoms with Gasteiger partial charge in [0.05, 0.1) is 24.6 Å². The molecule has 2 N–H and O–H groups in total. The van der Waals surface area contributed by atoms with Gasteiger partial charge in [-0.2, -0.15) is 0 Å². The molecular weight excluding hydrogens is 546 g/mol. The molecule has 2 heterocycles. The molecule has 228 valence electrons. The van der Waals surface area contributed by atoms with Crippen molar-refractivity contribution in [3.05, 3.63) is 49.2 Å². The number of hydrogen-bond acceptors (Lipinski definition) is 9. The largest absolute Gasteiger partial charge is 0.461 e. The number of ether oxygens (including phenoxy) is 3. The van der Waals surface area contributed by atoms with Crippen LogP contribution in [0.3, 0.4) is 0 Å². The summed E-state index contributed by atoms with van der Waals surface area (Å²) in [4.78, 5) is 52.7. The van der Waals surface area contributed by atoms with Gasteiger partial charge >= 0.3 is 18.0 Å². The molecule has 0 unspecified atom stereocenters. The fraction of sp³-hybridized carbons (Fsp3) is 0.586. The highest BCUT2D eigenvalue weighted by molar-refractivity contribution is 6.74. The lowest BCUT2D eigenvalue weighted by atomic mass is 9.82. The van der Waals surface area contributed by atoms with E-state index in [-0.39, 0.29) is 61.7 Å². The first-order valence-electron chi connectivity index (χ1n) is 13.7. The summed E-state index contributed by atoms with van der Waals surface area (Å²) in [6, 6.07) is -1.06. The van der Waals surface area contributed by atoms with Crippen molar-refractivity contribution in [1.29, 1.82) is 0 Å². The van der Waals surface area contributed by atoms with E-state index in [1.807, 2.05) is 6.92 Å². The Morgan fingerprint density at radius 3 is 2.22 bits per heavy atom. The molecular formula is C29H45N3O8Si. The number of esters is 2. The lowest BCUT2D eigenvalue weighted by Crippen LogP contribution is -2.63. The Labute approximate surface area is 244 Å². The molecule has 0 saturated carbocycles. The molecule has 0 spiro atoms. The van der Waals surface area contributed by atoms with E-state index in [1.165, 1.54) is 23.1 Å². The number of amides is 2. The lowest BCUT2D eigenvalue weighted by Gasteiger charge is -2.49. The van der Waals surface area contributed by atoms with Gasteiger partial charge in [-0.05, 0) is 37.0 Å². The zero-order chi connectivity index (χ0) is 31.0. The smallest absolute Gasteiger partial charge is 0.407 e. The first-order valence-corrected chi connectivity index (χ1v) is 16.6. The molecule has 2 aliphatic heterocycles. The number of nitrogens with zero attached hydrogens (tertiary/aromatic N) is 1. The number of hydrogen-bond donors (Lipinski definition) is 2. The summed E-state index contributed by atoms with van der Waals surface area (Å²) < 4.78 is 22.0. The molecule has 0 aliphatic carbocycles. The van der Waals surface area contributed by atoms with Crippen LogP contribution in [-0.4, -0.2) is 88.3 Å². The van der Waals surface area contributed by atoms with Crippen LogP contribution in [0.5, 0.6) is 0 Å². The van der Waals surface area contributed by atoms with E-state index in [1.54, 1.807) is 0 Å². The first-order chi connectivity index (χ1) is 19.2. The van der Waals surface area contributed by atoms with Gasteiger partial charge in [0.1, 0.15) is 25.5 Å². The number of β-lactam (4-membered cyclic amide) rings is 1. The third kappa shape index (κ3) is 8.40. The second kappa shape index (κ2) is 14.6. The van der Waals surface area contributed by atoms with Crippen molar-refractivity contribution in [2.45, 2.75) is 70.4 Å². The molecule has 2 amide bonds. The third-order valence-electron chi connectivity index (χ3n) is 7.62. The zero-order valence-corrected chi connectivity index (χ0v) is 26.1. The molecule has 41 heavy (non-hydrogen) atoms. The molecule has 4 atom stereocenters. The van der Waals surface area contributed by atoms with Crippen LogP contribution in [-0.2, 0) is 33.0 Å². The van der Waals surface area contributed by atoms with Crippen LogP contribution in [0.15, 0.2) is 49.2 Å². The van der Waals surface area contributed by atoms with E-state index < -0.39 is 38.3 Å². The molecule has 0 aromatic carbocycles. The molecule has 0 aromatic heterocycles. The molecule has 12 heteroatoms. The quantitative estimate of drug-likeness (QED) is 0.0913. The second-order valence-electron chi connectivity index (χ2n) is 11.5. The average molecular weight is 592 g/mol. The van der Waals surface area contributed by atoms with Crippen LogP contribution in [0.25, 0.3) is 0 Å². The fourth-order valence-corrected chi connectivity index (χ4v) is 6.03. The average Bonchev–Trinajstić information content (AvgIpc) is 3.23. The normalized spacial score (nSPS) is 19.9. The van der Waals surface area contributed by atoms with Gasteiger partial charge in [-0.1, -0.05) is 58.7 Å². The summed E-state index contributed by atoms with van der Waals surface area (Å²) in [5.41, 5.74) is 0.621. The van der Waals surface area contributed by atoms with Gasteiger partial charge in [-0.15, -0.1) is 0 Å². The third-order valence-corrected chi connectivity index (χ3v) is 12.2. The molecule has 0 aromatic rings. The minimum atomic E-state index is -2.18. The molecule has 0 radical (unpaired) electrons. The lowest BCUT2D eigenvalue weighted by molar-refractivity contribution is -0.161. The first kappa shape index (κ1) is 34.0. The van der Waals surface area contributed by atoms with Crippen LogP contribution in [0.1, 0.15) is 34.1 Å². The van der Waals surface area contributed by atoms with Crippen molar-refractivity contribution in [2.24, 2.45) is 5.92 Å². The number of fused-ring (bicyclic) bond motifs is 1. The van der Waals surface area contributed by atoms with Crippen LogP contribution in [0.4, 0.5) is 4.79 Å². The van der Waals surface area contributed by atoms with Gasteiger partial charge in [0.15, 0.2) is 8.32 Å². The van der Waals surface area contributed by atoms with E-state index in [2.05, 4.69) is 64.2 Å². The summed E-state index contributed by atoms with van der Waals surface area (Å²) in [6.07, 6.45) is 3.56. The van der Waals surface area contributed by atoms with Crippen LogP contribution in [0.2, 0.25) is 18.1 Å². The monoisotopic (exact) mass is 591 g/mol. The minimum absolute atomic E-state index is 0.0117. The van der Waals surface area contributed by atoms with E-state index >= 15 is 0 Å². The van der Waals surface area contributed by atoms with Crippen molar-refractivity contribution >= 4 is 32.3 Å². The summed E-state index contributed by atoms with van der Waals surface area (Å²) in [6.45, 7) is 22.9. The van der Waals surface area contributed by atoms with Gasteiger partial charge in [0.2, 0.25) is 5.91 Å². The second-order valence-corrected chi connectivity index (χ2v) is 16.3. The van der Waals surface area contributed by atoms with Gasteiger partial charge in [-0.3, -0.25) is 14.9 Å². The Kier molecular flexibility index (Phi) is 12.1. The summed E-state index contributed by atoms with van der Waals surface area (Å²) >= 11 is 0. The Balaban J connectivity index is 2.38. The molecule has 1 fully saturated rings. The van der Waals surface area contributed by atoms with Crippen LogP contribution < -0.4 is 10.6 Å². The number of alkyl carbamates (subject to hydrolysis) is 1. The van der Waals surface area contributed by atoms with Crippen molar-refractivity contribution in [3.63, 3.8) is 0 Å². The highest BCUT2D eigenvalue weighted by atomic mass is 28.4. The maximum atomic E-state index is 13.5. The maximum Gasteiger partial charge on any atom is 0.407 e. The van der Waals surface area contributed by atoms with Gasteiger partial charge in [0, 0.05) is 12.6 Å². The summed E-state index contributed by atoms with van der Waals surface area (Å²) in [5, 5.41) is 5.66. The SMILES string of the molecule is C=CCOC(=O)CN[C@H](CNC(=O)OCC=C)C1=C(C(=O)OCC=C)N2C(=O)[C@H]([C@@H](C)O[Si](C)(C)C(C)(C)C)[C@H]2C1. The highest BCUT2D eigenvalue weighted by Crippen LogP contribution is 2.47.